The molecular weight excluding hydrogens is 570 g/mol. The minimum absolute atomic E-state index is 0.00146. The third-order valence-electron chi connectivity index (χ3n) is 8.18. The highest BCUT2D eigenvalue weighted by Crippen LogP contribution is 2.32. The number of nitrogens with zero attached hydrogens (tertiary/aromatic N) is 7. The van der Waals surface area contributed by atoms with E-state index < -0.39 is 0 Å². The average Bonchev–Trinajstić information content (AvgIpc) is 3.53. The van der Waals surface area contributed by atoms with Crippen LogP contribution in [0, 0.1) is 0 Å². The monoisotopic (exact) mass is 603 g/mol. The summed E-state index contributed by atoms with van der Waals surface area (Å²) in [5.74, 6) is 1.41. The molecule has 0 aliphatic carbocycles. The maximum absolute atomic E-state index is 13.0. The fourth-order valence-electron chi connectivity index (χ4n) is 5.83. The molecule has 3 aromatic heterocycles. The number of hydrogen-bond donors (Lipinski definition) is 2. The molecule has 5 heterocycles. The number of aromatic nitrogens is 5. The molecule has 45 heavy (non-hydrogen) atoms. The van der Waals surface area contributed by atoms with Crippen molar-refractivity contribution in [2.45, 2.75) is 18.9 Å². The minimum Gasteiger partial charge on any atom is -0.378 e. The van der Waals surface area contributed by atoms with E-state index >= 15 is 0 Å². The van der Waals surface area contributed by atoms with Crippen LogP contribution in [0.1, 0.15) is 29.2 Å². The number of fused-ring (bicyclic) bond motifs is 1. The number of amides is 3. The van der Waals surface area contributed by atoms with Crippen molar-refractivity contribution in [2.75, 3.05) is 54.9 Å². The molecule has 0 unspecified atom stereocenters. The summed E-state index contributed by atoms with van der Waals surface area (Å²) in [5.41, 5.74) is 3.56. The van der Waals surface area contributed by atoms with Gasteiger partial charge in [-0.3, -0.25) is 9.78 Å². The third-order valence-corrected chi connectivity index (χ3v) is 8.18. The Bertz CT molecular complexity index is 1780. The molecule has 5 aromatic rings. The Labute approximate surface area is 260 Å². The fraction of sp³-hybridized carbons (Fsp3) is 0.273. The van der Waals surface area contributed by atoms with Gasteiger partial charge in [0.25, 0.3) is 5.91 Å². The van der Waals surface area contributed by atoms with Crippen LogP contribution in [-0.4, -0.2) is 81.0 Å². The number of rotatable bonds is 6. The zero-order chi connectivity index (χ0) is 30.6. The van der Waals surface area contributed by atoms with Crippen LogP contribution in [0.15, 0.2) is 85.3 Å². The number of likely N-dealkylation sites (tertiary alicyclic amines) is 1. The number of carbonyl (C=O) groups excluding carboxylic acids is 2. The summed E-state index contributed by atoms with van der Waals surface area (Å²) in [6.45, 7) is 3.96. The van der Waals surface area contributed by atoms with Crippen LogP contribution in [0.5, 0.6) is 0 Å². The van der Waals surface area contributed by atoms with Gasteiger partial charge in [-0.1, -0.05) is 18.2 Å². The van der Waals surface area contributed by atoms with Crippen LogP contribution < -0.4 is 15.5 Å². The van der Waals surface area contributed by atoms with Gasteiger partial charge in [-0.05, 0) is 61.4 Å². The van der Waals surface area contributed by atoms with E-state index in [0.717, 1.165) is 48.3 Å². The molecule has 12 nitrogen and oxygen atoms in total. The van der Waals surface area contributed by atoms with Crippen molar-refractivity contribution < 1.29 is 14.3 Å². The molecule has 2 aromatic carbocycles. The summed E-state index contributed by atoms with van der Waals surface area (Å²) >= 11 is 0. The quantitative estimate of drug-likeness (QED) is 0.282. The molecule has 2 aliphatic heterocycles. The molecule has 3 amide bonds. The molecule has 0 radical (unpaired) electrons. The summed E-state index contributed by atoms with van der Waals surface area (Å²) in [5, 5.41) is 11.4. The van der Waals surface area contributed by atoms with Gasteiger partial charge >= 0.3 is 6.03 Å². The van der Waals surface area contributed by atoms with Crippen LogP contribution in [0.4, 0.5) is 22.0 Å². The first-order valence-electron chi connectivity index (χ1n) is 15.1. The van der Waals surface area contributed by atoms with Gasteiger partial charge in [0.15, 0.2) is 11.5 Å². The van der Waals surface area contributed by atoms with Crippen LogP contribution in [0.3, 0.4) is 0 Å². The maximum atomic E-state index is 13.0. The first-order valence-corrected chi connectivity index (χ1v) is 15.1. The molecule has 0 saturated carbocycles. The van der Waals surface area contributed by atoms with E-state index in [9.17, 15) is 9.59 Å². The molecule has 0 atom stereocenters. The smallest absolute Gasteiger partial charge is 0.323 e. The SMILES string of the molecule is O=C(Nc1ccccc1)Nc1ccc(-c2nc(N3CCOCC3)c3cnn(C4CCN(C(=O)c5cccnc5)CC4)c3n2)cc1. The molecule has 0 spiro atoms. The van der Waals surface area contributed by atoms with Gasteiger partial charge < -0.3 is 25.2 Å². The van der Waals surface area contributed by atoms with Crippen molar-refractivity contribution in [1.29, 1.82) is 0 Å². The van der Waals surface area contributed by atoms with Crippen LogP contribution in [-0.2, 0) is 4.74 Å². The van der Waals surface area contributed by atoms with Crippen LogP contribution >= 0.6 is 0 Å². The van der Waals surface area contributed by atoms with Crippen molar-refractivity contribution in [3.8, 4) is 11.4 Å². The fourth-order valence-corrected chi connectivity index (χ4v) is 5.83. The van der Waals surface area contributed by atoms with E-state index in [1.54, 1.807) is 24.5 Å². The van der Waals surface area contributed by atoms with E-state index in [4.69, 9.17) is 19.8 Å². The van der Waals surface area contributed by atoms with Gasteiger partial charge in [-0.25, -0.2) is 19.4 Å². The van der Waals surface area contributed by atoms with Crippen molar-refractivity contribution in [3.05, 3.63) is 90.9 Å². The second kappa shape index (κ2) is 12.7. The van der Waals surface area contributed by atoms with Gasteiger partial charge in [0.2, 0.25) is 0 Å². The summed E-state index contributed by atoms with van der Waals surface area (Å²) in [6, 6.07) is 20.2. The largest absolute Gasteiger partial charge is 0.378 e. The van der Waals surface area contributed by atoms with E-state index in [1.165, 1.54) is 0 Å². The van der Waals surface area contributed by atoms with Gasteiger partial charge in [0.1, 0.15) is 5.82 Å². The molecule has 2 fully saturated rings. The highest BCUT2D eigenvalue weighted by atomic mass is 16.5. The topological polar surface area (TPSA) is 130 Å². The van der Waals surface area contributed by atoms with Crippen molar-refractivity contribution >= 4 is 40.2 Å². The summed E-state index contributed by atoms with van der Waals surface area (Å²) in [6.07, 6.45) is 6.67. The number of carbonyl (C=O) groups is 2. The number of morpholine rings is 1. The number of nitrogens with one attached hydrogen (secondary N) is 2. The maximum Gasteiger partial charge on any atom is 0.323 e. The van der Waals surface area contributed by atoms with Gasteiger partial charge in [-0.15, -0.1) is 0 Å². The standard InChI is InChI=1S/C33H33N9O3/c43-32(24-5-4-14-34-21-24)41-15-12-27(13-16-41)42-31-28(22-35-42)30(40-17-19-45-20-18-40)38-29(39-31)23-8-10-26(11-9-23)37-33(44)36-25-6-2-1-3-7-25/h1-11,14,21-22,27H,12-13,15-20H2,(H2,36,37,44). The first-order chi connectivity index (χ1) is 22.1. The lowest BCUT2D eigenvalue weighted by molar-refractivity contribution is 0.0691. The van der Waals surface area contributed by atoms with Crippen molar-refractivity contribution in [1.82, 2.24) is 29.6 Å². The second-order valence-electron chi connectivity index (χ2n) is 11.1. The first kappa shape index (κ1) is 28.4. The summed E-state index contributed by atoms with van der Waals surface area (Å²) in [4.78, 5) is 43.7. The normalized spacial score (nSPS) is 15.6. The molecule has 2 saturated heterocycles. The number of ether oxygens (including phenoxy) is 1. The molecule has 7 rings (SSSR count). The van der Waals surface area contributed by atoms with Crippen LogP contribution in [0.2, 0.25) is 0 Å². The van der Waals surface area contributed by atoms with E-state index in [1.807, 2.05) is 70.4 Å². The minimum atomic E-state index is -0.321. The number of piperidine rings is 1. The Kier molecular flexibility index (Phi) is 8.02. The zero-order valence-electron chi connectivity index (χ0n) is 24.7. The Morgan fingerprint density at radius 1 is 0.800 bits per heavy atom. The number of benzene rings is 2. The van der Waals surface area contributed by atoms with Crippen LogP contribution in [0.25, 0.3) is 22.4 Å². The average molecular weight is 604 g/mol. The Morgan fingerprint density at radius 3 is 2.24 bits per heavy atom. The molecule has 2 aliphatic rings. The van der Waals surface area contributed by atoms with E-state index in [0.29, 0.717) is 49.1 Å². The summed E-state index contributed by atoms with van der Waals surface area (Å²) < 4.78 is 7.61. The Hall–Kier alpha value is -5.36. The number of anilines is 3. The van der Waals surface area contributed by atoms with Crippen molar-refractivity contribution in [2.24, 2.45) is 0 Å². The Morgan fingerprint density at radius 2 is 1.53 bits per heavy atom. The lowest BCUT2D eigenvalue weighted by Crippen LogP contribution is -2.39. The highest BCUT2D eigenvalue weighted by Gasteiger charge is 2.28. The van der Waals surface area contributed by atoms with Gasteiger partial charge in [-0.2, -0.15) is 5.10 Å². The molecule has 228 valence electrons. The lowest BCUT2D eigenvalue weighted by atomic mass is 10.0. The lowest BCUT2D eigenvalue weighted by Gasteiger charge is -2.32. The third kappa shape index (κ3) is 6.18. The van der Waals surface area contributed by atoms with E-state index in [2.05, 4.69) is 20.5 Å². The number of urea groups is 1. The number of hydrogen-bond acceptors (Lipinski definition) is 8. The molecule has 2 N–H and O–H groups in total. The van der Waals surface area contributed by atoms with Crippen molar-refractivity contribution in [3.63, 3.8) is 0 Å². The highest BCUT2D eigenvalue weighted by molar-refractivity contribution is 6.00. The van der Waals surface area contributed by atoms with E-state index in [-0.39, 0.29) is 18.0 Å². The number of pyridine rings is 1. The summed E-state index contributed by atoms with van der Waals surface area (Å²) in [7, 11) is 0. The molecule has 0 bridgehead atoms. The molecular formula is C33H33N9O3. The number of para-hydroxylation sites is 1. The zero-order valence-corrected chi connectivity index (χ0v) is 24.7. The Balaban J connectivity index is 1.13. The predicted molar refractivity (Wildman–Crippen MR) is 171 cm³/mol. The predicted octanol–water partition coefficient (Wildman–Crippen LogP) is 4.85. The van der Waals surface area contributed by atoms with Gasteiger partial charge in [0, 0.05) is 55.5 Å². The molecule has 12 heteroatoms. The second-order valence-corrected chi connectivity index (χ2v) is 11.1. The van der Waals surface area contributed by atoms with Gasteiger partial charge in [0.05, 0.1) is 36.4 Å².